The number of aryl methyl sites for hydroxylation is 2. The maximum Gasteiger partial charge on any atom is 0.335 e. The minimum atomic E-state index is -0.771. The smallest absolute Gasteiger partial charge is 0.318 e. The molecule has 0 atom stereocenters. The van der Waals surface area contributed by atoms with Gasteiger partial charge in [0.1, 0.15) is 5.57 Å². The molecule has 1 saturated heterocycles. The quantitative estimate of drug-likeness (QED) is 0.373. The third-order valence-electron chi connectivity index (χ3n) is 5.34. The summed E-state index contributed by atoms with van der Waals surface area (Å²) in [5.74, 6) is -1.39. The van der Waals surface area contributed by atoms with E-state index in [-0.39, 0.29) is 5.57 Å². The van der Waals surface area contributed by atoms with Gasteiger partial charge >= 0.3 is 6.03 Å². The molecular weight excluding hydrogens is 494 g/mol. The van der Waals surface area contributed by atoms with Gasteiger partial charge in [-0.2, -0.15) is 0 Å². The highest BCUT2D eigenvalue weighted by molar-refractivity contribution is 9.10. The molecule has 0 aliphatic carbocycles. The third-order valence-corrected chi connectivity index (χ3v) is 6.07. The zero-order chi connectivity index (χ0) is 23.2. The molecule has 0 radical (unpaired) electrons. The van der Waals surface area contributed by atoms with E-state index in [0.717, 1.165) is 32.0 Å². The fourth-order valence-corrected chi connectivity index (χ4v) is 4.51. The number of benzene rings is 2. The number of nitrogens with one attached hydrogen (secondary N) is 1. The van der Waals surface area contributed by atoms with Crippen LogP contribution in [0.4, 0.5) is 10.5 Å². The number of imide groups is 2. The van der Waals surface area contributed by atoms with Crippen LogP contribution in [-0.2, 0) is 9.59 Å². The number of carbonyl (C=O) groups is 3. The van der Waals surface area contributed by atoms with Gasteiger partial charge in [0, 0.05) is 26.6 Å². The highest BCUT2D eigenvalue weighted by Gasteiger charge is 2.37. The van der Waals surface area contributed by atoms with Crippen LogP contribution in [0.15, 0.2) is 58.6 Å². The highest BCUT2D eigenvalue weighted by Crippen LogP contribution is 2.29. The summed E-state index contributed by atoms with van der Waals surface area (Å²) >= 11 is 9.52. The van der Waals surface area contributed by atoms with Gasteiger partial charge in [-0.15, -0.1) is 0 Å². The number of barbiturate groups is 1. The number of aromatic nitrogens is 1. The van der Waals surface area contributed by atoms with Crippen LogP contribution < -0.4 is 10.2 Å². The summed E-state index contributed by atoms with van der Waals surface area (Å²) < 4.78 is 2.81. The second-order valence-electron chi connectivity index (χ2n) is 7.53. The molecule has 1 aromatic heterocycles. The molecule has 4 amide bonds. The zero-order valence-electron chi connectivity index (χ0n) is 17.6. The number of carbonyl (C=O) groups excluding carboxylic acids is 3. The van der Waals surface area contributed by atoms with Crippen molar-refractivity contribution in [3.63, 3.8) is 0 Å². The van der Waals surface area contributed by atoms with E-state index < -0.39 is 17.8 Å². The van der Waals surface area contributed by atoms with Crippen LogP contribution in [0.25, 0.3) is 11.8 Å². The molecule has 4 rings (SSSR count). The third kappa shape index (κ3) is 3.89. The molecular formula is C24H19BrClN3O3. The maximum absolute atomic E-state index is 13.2. The Bertz CT molecular complexity index is 1330. The molecule has 1 aliphatic heterocycles. The largest absolute Gasteiger partial charge is 0.335 e. The Kier molecular flexibility index (Phi) is 5.79. The first kappa shape index (κ1) is 22.0. The summed E-state index contributed by atoms with van der Waals surface area (Å²) in [6.45, 7) is 5.62. The summed E-state index contributed by atoms with van der Waals surface area (Å²) in [4.78, 5) is 39.3. The molecule has 162 valence electrons. The first-order chi connectivity index (χ1) is 15.2. The molecule has 8 heteroatoms. The van der Waals surface area contributed by atoms with Crippen molar-refractivity contribution >= 4 is 57.1 Å². The lowest BCUT2D eigenvalue weighted by Gasteiger charge is -2.27. The van der Waals surface area contributed by atoms with E-state index in [0.29, 0.717) is 16.3 Å². The Hall–Kier alpha value is -3.16. The van der Waals surface area contributed by atoms with Crippen LogP contribution in [0.1, 0.15) is 22.5 Å². The first-order valence-corrected chi connectivity index (χ1v) is 11.0. The van der Waals surface area contributed by atoms with Gasteiger partial charge in [-0.05, 0) is 80.4 Å². The molecule has 0 unspecified atom stereocenters. The summed E-state index contributed by atoms with van der Waals surface area (Å²) in [5, 5.41) is 2.88. The van der Waals surface area contributed by atoms with Crippen molar-refractivity contribution in [3.05, 3.63) is 86.1 Å². The van der Waals surface area contributed by atoms with Crippen molar-refractivity contribution in [2.45, 2.75) is 20.8 Å². The van der Waals surface area contributed by atoms with Gasteiger partial charge in [0.25, 0.3) is 11.8 Å². The number of amides is 4. The number of hydrogen-bond donors (Lipinski definition) is 1. The Morgan fingerprint density at radius 3 is 2.44 bits per heavy atom. The molecule has 1 N–H and O–H groups in total. The minimum Gasteiger partial charge on any atom is -0.318 e. The van der Waals surface area contributed by atoms with Gasteiger partial charge in [0.15, 0.2) is 0 Å². The summed E-state index contributed by atoms with van der Waals surface area (Å²) in [7, 11) is 0. The summed E-state index contributed by atoms with van der Waals surface area (Å²) in [6, 6.07) is 13.7. The van der Waals surface area contributed by atoms with Crippen LogP contribution in [0.2, 0.25) is 5.02 Å². The molecule has 6 nitrogen and oxygen atoms in total. The summed E-state index contributed by atoms with van der Waals surface area (Å²) in [5.41, 5.74) is 4.34. The predicted octanol–water partition coefficient (Wildman–Crippen LogP) is 5.48. The lowest BCUT2D eigenvalue weighted by molar-refractivity contribution is -0.122. The number of rotatable bonds is 3. The van der Waals surface area contributed by atoms with Crippen molar-refractivity contribution < 1.29 is 14.4 Å². The Labute approximate surface area is 198 Å². The number of anilines is 1. The van der Waals surface area contributed by atoms with Gasteiger partial charge < -0.3 is 4.57 Å². The first-order valence-electron chi connectivity index (χ1n) is 9.80. The molecule has 1 fully saturated rings. The van der Waals surface area contributed by atoms with E-state index in [9.17, 15) is 14.4 Å². The fraction of sp³-hybridized carbons (Fsp3) is 0.125. The number of nitrogens with zero attached hydrogens (tertiary/aromatic N) is 2. The maximum atomic E-state index is 13.2. The van der Waals surface area contributed by atoms with Gasteiger partial charge in [-0.1, -0.05) is 33.6 Å². The molecule has 1 aliphatic rings. The van der Waals surface area contributed by atoms with Gasteiger partial charge in [-0.3, -0.25) is 14.9 Å². The molecule has 2 aromatic carbocycles. The Balaban J connectivity index is 1.78. The zero-order valence-corrected chi connectivity index (χ0v) is 19.9. The number of halogens is 2. The molecule has 0 bridgehead atoms. The second kappa shape index (κ2) is 8.41. The molecule has 0 spiro atoms. The molecule has 2 heterocycles. The van der Waals surface area contributed by atoms with E-state index >= 15 is 0 Å². The Morgan fingerprint density at radius 2 is 1.75 bits per heavy atom. The lowest BCUT2D eigenvalue weighted by Crippen LogP contribution is -2.54. The summed E-state index contributed by atoms with van der Waals surface area (Å²) in [6.07, 6.45) is 1.52. The second-order valence-corrected chi connectivity index (χ2v) is 8.88. The standard InChI is InChI=1S/C24H19BrClN3O3/c1-13-9-17(25)7-8-21(13)29-23(31)20(22(30)27-24(29)32)11-16-10-14(2)28(15(16)3)19-6-4-5-18(26)12-19/h4-12H,1-3H3,(H,27,30,32)/b20-11+. The van der Waals surface area contributed by atoms with Crippen LogP contribution in [0, 0.1) is 20.8 Å². The Morgan fingerprint density at radius 1 is 1.00 bits per heavy atom. The number of urea groups is 1. The van der Waals surface area contributed by atoms with E-state index in [1.54, 1.807) is 31.2 Å². The van der Waals surface area contributed by atoms with E-state index in [2.05, 4.69) is 21.2 Å². The fourth-order valence-electron chi connectivity index (χ4n) is 3.85. The SMILES string of the molecule is Cc1cc(Br)ccc1N1C(=O)NC(=O)/C(=C\c2cc(C)n(-c3cccc(Cl)c3)c2C)C1=O. The van der Waals surface area contributed by atoms with Crippen LogP contribution in [-0.4, -0.2) is 22.4 Å². The van der Waals surface area contributed by atoms with Gasteiger partial charge in [0.05, 0.1) is 5.69 Å². The van der Waals surface area contributed by atoms with Crippen LogP contribution >= 0.6 is 27.5 Å². The minimum absolute atomic E-state index is 0.113. The number of hydrogen-bond acceptors (Lipinski definition) is 3. The van der Waals surface area contributed by atoms with Gasteiger partial charge in [0.2, 0.25) is 0 Å². The van der Waals surface area contributed by atoms with Gasteiger partial charge in [-0.25, -0.2) is 9.69 Å². The monoisotopic (exact) mass is 511 g/mol. The average molecular weight is 513 g/mol. The molecule has 32 heavy (non-hydrogen) atoms. The topological polar surface area (TPSA) is 71.4 Å². The van der Waals surface area contributed by atoms with Crippen LogP contribution in [0.5, 0.6) is 0 Å². The van der Waals surface area contributed by atoms with Crippen LogP contribution in [0.3, 0.4) is 0 Å². The van der Waals surface area contributed by atoms with Crippen molar-refractivity contribution in [2.24, 2.45) is 0 Å². The van der Waals surface area contributed by atoms with E-state index in [1.807, 2.05) is 42.7 Å². The van der Waals surface area contributed by atoms with Crippen molar-refractivity contribution in [1.82, 2.24) is 9.88 Å². The highest BCUT2D eigenvalue weighted by atomic mass is 79.9. The normalized spacial score (nSPS) is 15.5. The van der Waals surface area contributed by atoms with E-state index in [4.69, 9.17) is 11.6 Å². The predicted molar refractivity (Wildman–Crippen MR) is 128 cm³/mol. The average Bonchev–Trinajstić information content (AvgIpc) is 2.99. The van der Waals surface area contributed by atoms with Crippen molar-refractivity contribution in [3.8, 4) is 5.69 Å². The van der Waals surface area contributed by atoms with E-state index in [1.165, 1.54) is 6.08 Å². The lowest BCUT2D eigenvalue weighted by atomic mass is 10.1. The molecule has 0 saturated carbocycles. The van der Waals surface area contributed by atoms with Crippen molar-refractivity contribution in [2.75, 3.05) is 4.90 Å². The van der Waals surface area contributed by atoms with Crippen molar-refractivity contribution in [1.29, 1.82) is 0 Å². The molecule has 3 aromatic rings.